The molecule has 1 aliphatic heterocycles. The van der Waals surface area contributed by atoms with E-state index in [-0.39, 0.29) is 12.0 Å². The number of rotatable bonds is 9. The van der Waals surface area contributed by atoms with Gasteiger partial charge in [0.25, 0.3) is 0 Å². The maximum atomic E-state index is 11.7. The molecule has 1 aliphatic rings. The molecule has 0 aromatic rings. The molecule has 0 aromatic carbocycles. The lowest BCUT2D eigenvalue weighted by molar-refractivity contribution is -0.133. The van der Waals surface area contributed by atoms with Crippen LogP contribution in [-0.2, 0) is 14.3 Å². The number of ether oxygens (including phenoxy) is 2. The first-order valence-electron chi connectivity index (χ1n) is 6.95. The zero-order valence-electron chi connectivity index (χ0n) is 11.5. The molecular formula is C13H26N2O3. The fourth-order valence-corrected chi connectivity index (χ4v) is 1.82. The highest BCUT2D eigenvalue weighted by molar-refractivity contribution is 5.80. The van der Waals surface area contributed by atoms with Gasteiger partial charge < -0.3 is 20.1 Å². The van der Waals surface area contributed by atoms with E-state index in [1.165, 1.54) is 0 Å². The lowest BCUT2D eigenvalue weighted by atomic mass is 10.2. The molecule has 2 unspecified atom stereocenters. The van der Waals surface area contributed by atoms with Gasteiger partial charge in [0.15, 0.2) is 0 Å². The molecule has 1 fully saturated rings. The van der Waals surface area contributed by atoms with E-state index in [2.05, 4.69) is 17.6 Å². The van der Waals surface area contributed by atoms with E-state index < -0.39 is 6.10 Å². The van der Waals surface area contributed by atoms with Gasteiger partial charge in [-0.3, -0.25) is 4.79 Å². The average Bonchev–Trinajstić information content (AvgIpc) is 2.88. The first-order valence-corrected chi connectivity index (χ1v) is 6.95. The van der Waals surface area contributed by atoms with Crippen LogP contribution >= 0.6 is 0 Å². The Kier molecular flexibility index (Phi) is 7.96. The van der Waals surface area contributed by atoms with E-state index >= 15 is 0 Å². The molecule has 0 bridgehead atoms. The quantitative estimate of drug-likeness (QED) is 0.597. The summed E-state index contributed by atoms with van der Waals surface area (Å²) in [4.78, 5) is 11.7. The Morgan fingerprint density at radius 2 is 2.28 bits per heavy atom. The van der Waals surface area contributed by atoms with Crippen LogP contribution in [0.4, 0.5) is 0 Å². The minimum Gasteiger partial charge on any atom is -0.376 e. The molecule has 0 spiro atoms. The first kappa shape index (κ1) is 15.4. The van der Waals surface area contributed by atoms with Crippen LogP contribution in [0.15, 0.2) is 0 Å². The van der Waals surface area contributed by atoms with Crippen molar-refractivity contribution < 1.29 is 14.3 Å². The molecule has 5 heteroatoms. The molecule has 1 amide bonds. The lowest BCUT2D eigenvalue weighted by Gasteiger charge is -2.16. The number of hydrogen-bond acceptors (Lipinski definition) is 4. The van der Waals surface area contributed by atoms with Crippen molar-refractivity contribution in [3.05, 3.63) is 0 Å². The van der Waals surface area contributed by atoms with Crippen molar-refractivity contribution >= 4 is 5.91 Å². The summed E-state index contributed by atoms with van der Waals surface area (Å²) >= 11 is 0. The highest BCUT2D eigenvalue weighted by Gasteiger charge is 2.19. The molecule has 2 atom stereocenters. The highest BCUT2D eigenvalue weighted by atomic mass is 16.5. The van der Waals surface area contributed by atoms with Gasteiger partial charge in [0.05, 0.1) is 12.7 Å². The fourth-order valence-electron chi connectivity index (χ4n) is 1.82. The van der Waals surface area contributed by atoms with Gasteiger partial charge in [-0.1, -0.05) is 6.92 Å². The third-order valence-corrected chi connectivity index (χ3v) is 2.95. The molecule has 0 aliphatic carbocycles. The molecule has 1 heterocycles. The maximum Gasteiger partial charge on any atom is 0.248 e. The summed E-state index contributed by atoms with van der Waals surface area (Å²) in [5.41, 5.74) is 0. The van der Waals surface area contributed by atoms with Crippen LogP contribution in [-0.4, -0.2) is 51.0 Å². The number of carbonyl (C=O) groups is 1. The Balaban J connectivity index is 2.01. The molecule has 5 nitrogen and oxygen atoms in total. The van der Waals surface area contributed by atoms with Crippen LogP contribution < -0.4 is 10.6 Å². The van der Waals surface area contributed by atoms with E-state index in [9.17, 15) is 4.79 Å². The number of nitrogens with one attached hydrogen (secondary N) is 2. The second kappa shape index (κ2) is 9.30. The van der Waals surface area contributed by atoms with Crippen LogP contribution in [0.1, 0.15) is 33.1 Å². The molecule has 18 heavy (non-hydrogen) atoms. The Morgan fingerprint density at radius 3 is 2.94 bits per heavy atom. The van der Waals surface area contributed by atoms with E-state index in [1.807, 2.05) is 0 Å². The van der Waals surface area contributed by atoms with Crippen molar-refractivity contribution in [3.63, 3.8) is 0 Å². The van der Waals surface area contributed by atoms with Crippen LogP contribution in [0.3, 0.4) is 0 Å². The molecule has 0 saturated carbocycles. The van der Waals surface area contributed by atoms with Gasteiger partial charge in [-0.25, -0.2) is 0 Å². The summed E-state index contributed by atoms with van der Waals surface area (Å²) in [5, 5.41) is 6.08. The van der Waals surface area contributed by atoms with Gasteiger partial charge >= 0.3 is 0 Å². The molecule has 2 N–H and O–H groups in total. The first-order chi connectivity index (χ1) is 8.74. The van der Waals surface area contributed by atoms with Crippen molar-refractivity contribution in [2.75, 3.05) is 32.8 Å². The largest absolute Gasteiger partial charge is 0.376 e. The van der Waals surface area contributed by atoms with Crippen molar-refractivity contribution in [2.45, 2.75) is 45.3 Å². The normalized spacial score (nSPS) is 20.9. The van der Waals surface area contributed by atoms with E-state index in [0.29, 0.717) is 13.2 Å². The molecule has 1 saturated heterocycles. The zero-order chi connectivity index (χ0) is 13.2. The summed E-state index contributed by atoms with van der Waals surface area (Å²) in [5.74, 6) is -0.0497. The Bertz CT molecular complexity index is 230. The Hall–Kier alpha value is -0.650. The SMILES string of the molecule is CCCNCCNC(=O)C(C)OCC1CCCO1. The number of amides is 1. The third kappa shape index (κ3) is 6.33. The minimum atomic E-state index is -0.402. The third-order valence-electron chi connectivity index (χ3n) is 2.95. The average molecular weight is 258 g/mol. The highest BCUT2D eigenvalue weighted by Crippen LogP contribution is 2.12. The van der Waals surface area contributed by atoms with Gasteiger partial charge in [-0.05, 0) is 32.7 Å². The maximum absolute atomic E-state index is 11.7. The summed E-state index contributed by atoms with van der Waals surface area (Å²) in [6.45, 7) is 7.67. The summed E-state index contributed by atoms with van der Waals surface area (Å²) in [7, 11) is 0. The summed E-state index contributed by atoms with van der Waals surface area (Å²) < 4.78 is 11.0. The molecule has 1 rings (SSSR count). The molecule has 0 radical (unpaired) electrons. The minimum absolute atomic E-state index is 0.0497. The lowest BCUT2D eigenvalue weighted by Crippen LogP contribution is -2.39. The van der Waals surface area contributed by atoms with Crippen LogP contribution in [0.2, 0.25) is 0 Å². The van der Waals surface area contributed by atoms with E-state index in [4.69, 9.17) is 9.47 Å². The summed E-state index contributed by atoms with van der Waals surface area (Å²) in [6.07, 6.45) is 3.01. The van der Waals surface area contributed by atoms with Crippen molar-refractivity contribution in [2.24, 2.45) is 0 Å². The molecule has 106 valence electrons. The van der Waals surface area contributed by atoms with Crippen LogP contribution in [0.5, 0.6) is 0 Å². The van der Waals surface area contributed by atoms with Gasteiger partial charge in [0.1, 0.15) is 6.10 Å². The monoisotopic (exact) mass is 258 g/mol. The van der Waals surface area contributed by atoms with Crippen LogP contribution in [0, 0.1) is 0 Å². The predicted molar refractivity (Wildman–Crippen MR) is 70.6 cm³/mol. The number of hydrogen-bond donors (Lipinski definition) is 2. The predicted octanol–water partition coefficient (Wildman–Crippen LogP) is 0.686. The van der Waals surface area contributed by atoms with E-state index in [1.54, 1.807) is 6.92 Å². The van der Waals surface area contributed by atoms with Gasteiger partial charge in [-0.2, -0.15) is 0 Å². The molecular weight excluding hydrogens is 232 g/mol. The standard InChI is InChI=1S/C13H26N2O3/c1-3-6-14-7-8-15-13(16)11(2)18-10-12-5-4-9-17-12/h11-12,14H,3-10H2,1-2H3,(H,15,16). The van der Waals surface area contributed by atoms with Crippen molar-refractivity contribution in [3.8, 4) is 0 Å². The van der Waals surface area contributed by atoms with Gasteiger partial charge in [0.2, 0.25) is 5.91 Å². The van der Waals surface area contributed by atoms with E-state index in [0.717, 1.165) is 39.0 Å². The van der Waals surface area contributed by atoms with Crippen LogP contribution in [0.25, 0.3) is 0 Å². The van der Waals surface area contributed by atoms with Crippen molar-refractivity contribution in [1.29, 1.82) is 0 Å². The fraction of sp³-hybridized carbons (Fsp3) is 0.923. The van der Waals surface area contributed by atoms with Gasteiger partial charge in [0, 0.05) is 19.7 Å². The van der Waals surface area contributed by atoms with Crippen molar-refractivity contribution in [1.82, 2.24) is 10.6 Å². The zero-order valence-corrected chi connectivity index (χ0v) is 11.5. The Morgan fingerprint density at radius 1 is 1.44 bits per heavy atom. The Labute approximate surface area is 110 Å². The second-order valence-electron chi connectivity index (χ2n) is 4.65. The smallest absolute Gasteiger partial charge is 0.248 e. The van der Waals surface area contributed by atoms with Gasteiger partial charge in [-0.15, -0.1) is 0 Å². The second-order valence-corrected chi connectivity index (χ2v) is 4.65. The molecule has 0 aromatic heterocycles. The summed E-state index contributed by atoms with van der Waals surface area (Å²) in [6, 6.07) is 0. The topological polar surface area (TPSA) is 59.6 Å². The number of carbonyl (C=O) groups excluding carboxylic acids is 1.